The van der Waals surface area contributed by atoms with Gasteiger partial charge in [0.25, 0.3) is 5.69 Å². The van der Waals surface area contributed by atoms with Gasteiger partial charge in [-0.25, -0.2) is 8.42 Å². The lowest BCUT2D eigenvalue weighted by Crippen LogP contribution is -2.27. The van der Waals surface area contributed by atoms with E-state index in [0.717, 1.165) is 11.6 Å². The van der Waals surface area contributed by atoms with Crippen LogP contribution in [0.2, 0.25) is 5.02 Å². The van der Waals surface area contributed by atoms with E-state index in [1.807, 2.05) is 6.92 Å². The number of hydrogen-bond donors (Lipinski definition) is 1. The maximum Gasteiger partial charge on any atom is 0.288 e. The van der Waals surface area contributed by atoms with Crippen molar-refractivity contribution in [3.8, 4) is 6.07 Å². The van der Waals surface area contributed by atoms with Gasteiger partial charge in [0.1, 0.15) is 11.1 Å². The zero-order valence-electron chi connectivity index (χ0n) is 12.4. The largest absolute Gasteiger partial charge is 0.288 e. The van der Waals surface area contributed by atoms with Gasteiger partial charge in [0.15, 0.2) is 0 Å². The molecule has 9 heteroatoms. The minimum absolute atomic E-state index is 0.00295. The average molecular weight is 366 g/mol. The Morgan fingerprint density at radius 3 is 2.42 bits per heavy atom. The van der Waals surface area contributed by atoms with Gasteiger partial charge in [0.2, 0.25) is 10.0 Å². The number of nitro benzene ring substituents is 1. The van der Waals surface area contributed by atoms with Crippen molar-refractivity contribution < 1.29 is 13.3 Å². The average Bonchev–Trinajstić information content (AvgIpc) is 2.53. The number of aryl methyl sites for hydroxylation is 1. The second kappa shape index (κ2) is 6.97. The molecule has 2 aromatic rings. The van der Waals surface area contributed by atoms with E-state index in [1.54, 1.807) is 18.2 Å². The molecule has 24 heavy (non-hydrogen) atoms. The van der Waals surface area contributed by atoms with Gasteiger partial charge in [-0.1, -0.05) is 35.4 Å². The maximum atomic E-state index is 12.3. The van der Waals surface area contributed by atoms with E-state index in [0.29, 0.717) is 0 Å². The predicted octanol–water partition coefficient (Wildman–Crippen LogP) is 3.10. The smallest absolute Gasteiger partial charge is 0.258 e. The summed E-state index contributed by atoms with van der Waals surface area (Å²) >= 11 is 5.72. The second-order valence-electron chi connectivity index (χ2n) is 4.96. The molecule has 0 saturated carbocycles. The minimum atomic E-state index is -3.96. The van der Waals surface area contributed by atoms with E-state index in [-0.39, 0.29) is 15.5 Å². The molecule has 7 nitrogen and oxygen atoms in total. The number of rotatable bonds is 5. The van der Waals surface area contributed by atoms with Crippen LogP contribution in [0.25, 0.3) is 0 Å². The lowest BCUT2D eigenvalue weighted by atomic mass is 10.1. The molecule has 0 fully saturated rings. The van der Waals surface area contributed by atoms with E-state index < -0.39 is 26.7 Å². The number of halogens is 1. The van der Waals surface area contributed by atoms with Crippen molar-refractivity contribution in [1.82, 2.24) is 4.72 Å². The molecule has 0 aliphatic carbocycles. The van der Waals surface area contributed by atoms with Crippen molar-refractivity contribution >= 4 is 27.3 Å². The first-order valence-corrected chi connectivity index (χ1v) is 8.53. The highest BCUT2D eigenvalue weighted by molar-refractivity contribution is 7.89. The third kappa shape index (κ3) is 3.89. The molecular weight excluding hydrogens is 354 g/mol. The molecule has 2 rings (SSSR count). The molecule has 0 aliphatic heterocycles. The van der Waals surface area contributed by atoms with Crippen LogP contribution in [0.1, 0.15) is 17.2 Å². The Balaban J connectivity index is 2.36. The molecule has 124 valence electrons. The van der Waals surface area contributed by atoms with Crippen molar-refractivity contribution in [2.75, 3.05) is 0 Å². The first kappa shape index (κ1) is 17.9. The summed E-state index contributed by atoms with van der Waals surface area (Å²) in [5.74, 6) is 0. The fourth-order valence-electron chi connectivity index (χ4n) is 1.96. The molecule has 1 atom stereocenters. The van der Waals surface area contributed by atoms with E-state index in [4.69, 9.17) is 11.6 Å². The summed E-state index contributed by atoms with van der Waals surface area (Å²) in [4.78, 5) is 10.2. The fraction of sp³-hybridized carbons (Fsp3) is 0.133. The van der Waals surface area contributed by atoms with Crippen LogP contribution < -0.4 is 4.72 Å². The van der Waals surface area contributed by atoms with Gasteiger partial charge in [0.05, 0.1) is 15.9 Å². The number of nitrogens with one attached hydrogen (secondary N) is 1. The van der Waals surface area contributed by atoms with Crippen LogP contribution in [0.3, 0.4) is 0 Å². The SMILES string of the molecule is Cc1ccc(S(=O)(=O)NC(C#N)c2ccc(Cl)c([N+](=O)[O-])c2)cc1. The predicted molar refractivity (Wildman–Crippen MR) is 88.0 cm³/mol. The summed E-state index contributed by atoms with van der Waals surface area (Å²) in [5.41, 5.74) is 0.618. The Hall–Kier alpha value is -2.47. The first-order chi connectivity index (χ1) is 11.2. The van der Waals surface area contributed by atoms with Crippen LogP contribution in [-0.4, -0.2) is 13.3 Å². The van der Waals surface area contributed by atoms with E-state index >= 15 is 0 Å². The quantitative estimate of drug-likeness (QED) is 0.646. The Morgan fingerprint density at radius 1 is 1.25 bits per heavy atom. The highest BCUT2D eigenvalue weighted by Crippen LogP contribution is 2.28. The van der Waals surface area contributed by atoms with Crippen molar-refractivity contribution in [2.45, 2.75) is 17.9 Å². The monoisotopic (exact) mass is 365 g/mol. The fourth-order valence-corrected chi connectivity index (χ4v) is 3.27. The van der Waals surface area contributed by atoms with Crippen LogP contribution in [-0.2, 0) is 10.0 Å². The number of benzene rings is 2. The van der Waals surface area contributed by atoms with Crippen LogP contribution in [0, 0.1) is 28.4 Å². The number of nitro groups is 1. The molecule has 1 N–H and O–H groups in total. The molecule has 0 spiro atoms. The number of hydrogen-bond acceptors (Lipinski definition) is 5. The highest BCUT2D eigenvalue weighted by Gasteiger charge is 2.23. The molecule has 1 unspecified atom stereocenters. The zero-order valence-corrected chi connectivity index (χ0v) is 14.0. The third-order valence-corrected chi connectivity index (χ3v) is 4.99. The molecule has 0 aliphatic rings. The maximum absolute atomic E-state index is 12.3. The lowest BCUT2D eigenvalue weighted by Gasteiger charge is -2.13. The Morgan fingerprint density at radius 2 is 1.88 bits per heavy atom. The van der Waals surface area contributed by atoms with Gasteiger partial charge in [-0.3, -0.25) is 10.1 Å². The topological polar surface area (TPSA) is 113 Å². The van der Waals surface area contributed by atoms with Gasteiger partial charge >= 0.3 is 0 Å². The molecule has 0 aromatic heterocycles. The van der Waals surface area contributed by atoms with Gasteiger partial charge in [-0.15, -0.1) is 0 Å². The standard InChI is InChI=1S/C15H12ClN3O4S/c1-10-2-5-12(6-3-10)24(22,23)18-14(9-17)11-4-7-13(16)15(8-11)19(20)21/h2-8,14,18H,1H3. The number of sulfonamides is 1. The van der Waals surface area contributed by atoms with Crippen molar-refractivity contribution in [3.63, 3.8) is 0 Å². The van der Waals surface area contributed by atoms with Crippen molar-refractivity contribution in [2.24, 2.45) is 0 Å². The van der Waals surface area contributed by atoms with E-state index in [2.05, 4.69) is 4.72 Å². The highest BCUT2D eigenvalue weighted by atomic mass is 35.5. The summed E-state index contributed by atoms with van der Waals surface area (Å²) in [5, 5.41) is 20.1. The Kier molecular flexibility index (Phi) is 5.19. The molecular formula is C15H12ClN3O4S. The lowest BCUT2D eigenvalue weighted by molar-refractivity contribution is -0.384. The Labute approximate surface area is 143 Å². The van der Waals surface area contributed by atoms with Crippen LogP contribution in [0.5, 0.6) is 0 Å². The van der Waals surface area contributed by atoms with Crippen LogP contribution in [0.4, 0.5) is 5.69 Å². The van der Waals surface area contributed by atoms with Crippen LogP contribution in [0.15, 0.2) is 47.4 Å². The van der Waals surface area contributed by atoms with Crippen molar-refractivity contribution in [3.05, 3.63) is 68.7 Å². The van der Waals surface area contributed by atoms with Crippen molar-refractivity contribution in [1.29, 1.82) is 5.26 Å². The normalized spacial score (nSPS) is 12.4. The molecule has 0 amide bonds. The Bertz CT molecular complexity index is 921. The van der Waals surface area contributed by atoms with Gasteiger partial charge < -0.3 is 0 Å². The van der Waals surface area contributed by atoms with E-state index in [1.165, 1.54) is 24.3 Å². The molecule has 0 bridgehead atoms. The first-order valence-electron chi connectivity index (χ1n) is 6.67. The summed E-state index contributed by atoms with van der Waals surface area (Å²) in [6.45, 7) is 1.81. The summed E-state index contributed by atoms with van der Waals surface area (Å²) in [6, 6.07) is 10.3. The van der Waals surface area contributed by atoms with Gasteiger partial charge in [-0.05, 0) is 30.7 Å². The molecule has 0 radical (unpaired) electrons. The molecule has 2 aromatic carbocycles. The summed E-state index contributed by atoms with van der Waals surface area (Å²) in [7, 11) is -3.96. The summed E-state index contributed by atoms with van der Waals surface area (Å²) < 4.78 is 26.9. The second-order valence-corrected chi connectivity index (χ2v) is 7.09. The zero-order chi connectivity index (χ0) is 17.9. The number of nitrogens with zero attached hydrogens (tertiary/aromatic N) is 2. The van der Waals surface area contributed by atoms with Crippen LogP contribution >= 0.6 is 11.6 Å². The summed E-state index contributed by atoms with van der Waals surface area (Å²) in [6.07, 6.45) is 0. The number of nitriles is 1. The molecule has 0 saturated heterocycles. The third-order valence-electron chi connectivity index (χ3n) is 3.23. The van der Waals surface area contributed by atoms with Gasteiger partial charge in [-0.2, -0.15) is 9.98 Å². The van der Waals surface area contributed by atoms with E-state index in [9.17, 15) is 23.8 Å². The minimum Gasteiger partial charge on any atom is -0.258 e. The molecule has 0 heterocycles. The van der Waals surface area contributed by atoms with Gasteiger partial charge in [0, 0.05) is 6.07 Å².